The highest BCUT2D eigenvalue weighted by Gasteiger charge is 2.58. The quantitative estimate of drug-likeness (QED) is 0.408. The maximum atomic E-state index is 14.4. The normalized spacial score (nSPS) is 31.0. The van der Waals surface area contributed by atoms with Crippen molar-refractivity contribution in [3.05, 3.63) is 41.5 Å². The largest absolute Gasteiger partial charge is 0.490 e. The van der Waals surface area contributed by atoms with Crippen LogP contribution in [0.4, 0.5) is 13.2 Å². The Labute approximate surface area is 210 Å². The molecular weight excluding hydrogens is 467 g/mol. The summed E-state index contributed by atoms with van der Waals surface area (Å²) in [6.45, 7) is 4.11. The monoisotopic (exact) mass is 503 g/mol. The number of hydrogen-bond donors (Lipinski definition) is 2. The second-order valence-electron chi connectivity index (χ2n) is 11.5. The second kappa shape index (κ2) is 9.23. The number of ether oxygens (including phenoxy) is 1. The highest BCUT2D eigenvalue weighted by molar-refractivity contribution is 5.89. The molecule has 3 aliphatic rings. The third kappa shape index (κ3) is 4.59. The van der Waals surface area contributed by atoms with Crippen molar-refractivity contribution in [2.45, 2.75) is 102 Å². The molecular formula is C29H36F3NO3. The average Bonchev–Trinajstić information content (AvgIpc) is 3.40. The van der Waals surface area contributed by atoms with Crippen LogP contribution in [0.15, 0.2) is 30.3 Å². The Morgan fingerprint density at radius 2 is 1.78 bits per heavy atom. The summed E-state index contributed by atoms with van der Waals surface area (Å²) in [4.78, 5) is 11.8. The zero-order chi connectivity index (χ0) is 25.7. The summed E-state index contributed by atoms with van der Waals surface area (Å²) in [6.07, 6.45) is 3.38. The van der Waals surface area contributed by atoms with E-state index in [1.165, 1.54) is 6.07 Å². The number of carboxylic acids is 1. The van der Waals surface area contributed by atoms with E-state index in [1.807, 2.05) is 13.0 Å². The molecule has 1 unspecified atom stereocenters. The van der Waals surface area contributed by atoms with Crippen LogP contribution in [-0.4, -0.2) is 22.7 Å². The summed E-state index contributed by atoms with van der Waals surface area (Å²) in [5.74, 6) is -0.170. The van der Waals surface area contributed by atoms with Gasteiger partial charge in [-0.3, -0.25) is 4.79 Å². The molecule has 2 N–H and O–H groups in total. The zero-order valence-electron chi connectivity index (χ0n) is 21.1. The molecule has 3 saturated carbocycles. The molecule has 0 spiro atoms. The Morgan fingerprint density at radius 3 is 2.36 bits per heavy atom. The van der Waals surface area contributed by atoms with Crippen LogP contribution in [0, 0.1) is 11.3 Å². The lowest BCUT2D eigenvalue weighted by Gasteiger charge is -2.32. The molecule has 0 heterocycles. The second-order valence-corrected chi connectivity index (χ2v) is 11.5. The van der Waals surface area contributed by atoms with Gasteiger partial charge in [0.15, 0.2) is 0 Å². The average molecular weight is 504 g/mol. The van der Waals surface area contributed by atoms with Crippen molar-refractivity contribution in [2.24, 2.45) is 11.3 Å². The molecule has 2 bridgehead atoms. The van der Waals surface area contributed by atoms with Crippen LogP contribution in [0.2, 0.25) is 0 Å². The van der Waals surface area contributed by atoms with Crippen molar-refractivity contribution in [2.75, 3.05) is 0 Å². The highest BCUT2D eigenvalue weighted by Crippen LogP contribution is 2.57. The first-order chi connectivity index (χ1) is 17.0. The minimum Gasteiger partial charge on any atom is -0.490 e. The molecule has 3 aliphatic carbocycles. The number of aliphatic carboxylic acids is 1. The fourth-order valence-corrected chi connectivity index (χ4v) is 7.05. The first-order valence-corrected chi connectivity index (χ1v) is 13.4. The SMILES string of the molecule is CCC1CCC(Oc2ccc3ccc(C(C)NC45CCC(C(=O)O)(CC4)C5)cc3c2C(F)(F)F)CC1. The number of alkyl halides is 3. The van der Waals surface area contributed by atoms with Crippen LogP contribution in [0.25, 0.3) is 10.8 Å². The number of halogens is 3. The van der Waals surface area contributed by atoms with E-state index in [0.717, 1.165) is 50.5 Å². The Kier molecular flexibility index (Phi) is 6.51. The maximum absolute atomic E-state index is 14.4. The van der Waals surface area contributed by atoms with E-state index in [4.69, 9.17) is 4.74 Å². The third-order valence-corrected chi connectivity index (χ3v) is 9.27. The van der Waals surface area contributed by atoms with Crippen molar-refractivity contribution in [1.82, 2.24) is 5.32 Å². The van der Waals surface area contributed by atoms with Gasteiger partial charge in [0.2, 0.25) is 0 Å². The van der Waals surface area contributed by atoms with Crippen LogP contribution in [0.1, 0.15) is 95.2 Å². The van der Waals surface area contributed by atoms with Crippen LogP contribution >= 0.6 is 0 Å². The standard InChI is InChI=1S/C29H36F3NO3/c1-3-19-4-9-22(10-5-19)36-24-11-8-20-6-7-21(16-23(20)25(24)29(30,31)32)18(2)33-28-14-12-27(17-28,13-15-28)26(34)35/h6-8,11,16,18-19,22,33H,3-5,9-10,12-15,17H2,1-2H3,(H,34,35). The van der Waals surface area contributed by atoms with Crippen LogP contribution in [0.3, 0.4) is 0 Å². The van der Waals surface area contributed by atoms with Crippen molar-refractivity contribution in [1.29, 1.82) is 0 Å². The topological polar surface area (TPSA) is 58.6 Å². The van der Waals surface area contributed by atoms with Crippen molar-refractivity contribution < 1.29 is 27.8 Å². The van der Waals surface area contributed by atoms with E-state index < -0.39 is 23.1 Å². The number of nitrogens with one attached hydrogen (secondary N) is 1. The molecule has 2 aromatic carbocycles. The molecule has 5 rings (SSSR count). The molecule has 7 heteroatoms. The number of carboxylic acid groups (broad SMARTS) is 1. The third-order valence-electron chi connectivity index (χ3n) is 9.27. The fraction of sp³-hybridized carbons (Fsp3) is 0.621. The summed E-state index contributed by atoms with van der Waals surface area (Å²) >= 11 is 0. The number of carbonyl (C=O) groups is 1. The summed E-state index contributed by atoms with van der Waals surface area (Å²) in [5, 5.41) is 14.0. The molecule has 36 heavy (non-hydrogen) atoms. The Bertz CT molecular complexity index is 1130. The Morgan fingerprint density at radius 1 is 1.11 bits per heavy atom. The molecule has 0 aromatic heterocycles. The van der Waals surface area contributed by atoms with Gasteiger partial charge < -0.3 is 15.2 Å². The zero-order valence-corrected chi connectivity index (χ0v) is 21.1. The van der Waals surface area contributed by atoms with E-state index in [9.17, 15) is 23.1 Å². The summed E-state index contributed by atoms with van der Waals surface area (Å²) < 4.78 is 49.2. The number of benzene rings is 2. The summed E-state index contributed by atoms with van der Waals surface area (Å²) in [7, 11) is 0. The molecule has 0 amide bonds. The minimum atomic E-state index is -4.54. The van der Waals surface area contributed by atoms with Gasteiger partial charge in [0, 0.05) is 11.6 Å². The van der Waals surface area contributed by atoms with Crippen molar-refractivity contribution >= 4 is 16.7 Å². The molecule has 196 valence electrons. The number of fused-ring (bicyclic) bond motifs is 3. The Hall–Kier alpha value is -2.28. The number of rotatable bonds is 7. The fourth-order valence-electron chi connectivity index (χ4n) is 7.05. The summed E-state index contributed by atoms with van der Waals surface area (Å²) in [6, 6.07) is 8.25. The van der Waals surface area contributed by atoms with Gasteiger partial charge in [0.05, 0.1) is 11.5 Å². The lowest BCUT2D eigenvalue weighted by atomic mass is 9.84. The van der Waals surface area contributed by atoms with E-state index >= 15 is 0 Å². The smallest absolute Gasteiger partial charge is 0.420 e. The van der Waals surface area contributed by atoms with Crippen LogP contribution < -0.4 is 10.1 Å². The molecule has 4 nitrogen and oxygen atoms in total. The van der Waals surface area contributed by atoms with Crippen molar-refractivity contribution in [3.8, 4) is 5.75 Å². The van der Waals surface area contributed by atoms with Gasteiger partial charge in [0.1, 0.15) is 11.3 Å². The van der Waals surface area contributed by atoms with E-state index in [-0.39, 0.29) is 28.8 Å². The molecule has 0 aliphatic heterocycles. The van der Waals surface area contributed by atoms with E-state index in [1.54, 1.807) is 18.2 Å². The molecule has 0 radical (unpaired) electrons. The van der Waals surface area contributed by atoms with Gasteiger partial charge in [-0.25, -0.2) is 0 Å². The van der Waals surface area contributed by atoms with E-state index in [2.05, 4.69) is 12.2 Å². The predicted molar refractivity (Wildman–Crippen MR) is 133 cm³/mol. The minimum absolute atomic E-state index is 0.0795. The predicted octanol–water partition coefficient (Wildman–Crippen LogP) is 7.64. The first kappa shape index (κ1) is 25.4. The first-order valence-electron chi connectivity index (χ1n) is 13.4. The van der Waals surface area contributed by atoms with Gasteiger partial charge in [-0.05, 0) is 99.1 Å². The van der Waals surface area contributed by atoms with Gasteiger partial charge in [-0.2, -0.15) is 13.2 Å². The Balaban J connectivity index is 1.42. The van der Waals surface area contributed by atoms with Crippen LogP contribution in [-0.2, 0) is 11.0 Å². The molecule has 2 aromatic rings. The lowest BCUT2D eigenvalue weighted by Crippen LogP contribution is -2.42. The van der Waals surface area contributed by atoms with Gasteiger partial charge in [0.25, 0.3) is 0 Å². The van der Waals surface area contributed by atoms with Gasteiger partial charge in [-0.15, -0.1) is 0 Å². The summed E-state index contributed by atoms with van der Waals surface area (Å²) in [5.41, 5.74) is -0.844. The highest BCUT2D eigenvalue weighted by atomic mass is 19.4. The van der Waals surface area contributed by atoms with Crippen molar-refractivity contribution in [3.63, 3.8) is 0 Å². The number of hydrogen-bond acceptors (Lipinski definition) is 3. The van der Waals surface area contributed by atoms with E-state index in [0.29, 0.717) is 30.6 Å². The maximum Gasteiger partial charge on any atom is 0.420 e. The molecule has 3 fully saturated rings. The van der Waals surface area contributed by atoms with Gasteiger partial charge >= 0.3 is 12.1 Å². The molecule has 1 atom stereocenters. The molecule has 0 saturated heterocycles. The van der Waals surface area contributed by atoms with Gasteiger partial charge in [-0.1, -0.05) is 31.5 Å². The lowest BCUT2D eigenvalue weighted by molar-refractivity contribution is -0.148. The van der Waals surface area contributed by atoms with Crippen LogP contribution in [0.5, 0.6) is 5.75 Å².